The van der Waals surface area contributed by atoms with Gasteiger partial charge in [0, 0.05) is 19.1 Å². The topological polar surface area (TPSA) is 49.7 Å². The molecule has 0 aliphatic heterocycles. The van der Waals surface area contributed by atoms with Crippen molar-refractivity contribution in [3.05, 3.63) is 35.9 Å². The second kappa shape index (κ2) is 7.40. The van der Waals surface area contributed by atoms with Gasteiger partial charge in [-0.15, -0.1) is 0 Å². The van der Waals surface area contributed by atoms with Crippen molar-refractivity contribution in [2.45, 2.75) is 13.0 Å². The lowest BCUT2D eigenvalue weighted by Gasteiger charge is -2.12. The summed E-state index contributed by atoms with van der Waals surface area (Å²) >= 11 is 0. The van der Waals surface area contributed by atoms with Crippen molar-refractivity contribution >= 4 is 0 Å². The minimum atomic E-state index is 0.0405. The molecule has 0 aromatic heterocycles. The summed E-state index contributed by atoms with van der Waals surface area (Å²) in [5.74, 6) is 0.0405. The predicted octanol–water partition coefficient (Wildman–Crippen LogP) is 1.19. The van der Waals surface area contributed by atoms with Gasteiger partial charge in [0.1, 0.15) is 0 Å². The van der Waals surface area contributed by atoms with Crippen LogP contribution in [0.15, 0.2) is 30.3 Å². The van der Waals surface area contributed by atoms with Gasteiger partial charge in [-0.3, -0.25) is 0 Å². The van der Waals surface area contributed by atoms with Crippen molar-refractivity contribution < 1.29 is 14.9 Å². The van der Waals surface area contributed by atoms with Crippen LogP contribution in [0.2, 0.25) is 0 Å². The third kappa shape index (κ3) is 4.93. The molecule has 1 aromatic rings. The Balaban J connectivity index is 2.20. The molecule has 84 valence electrons. The first kappa shape index (κ1) is 12.2. The van der Waals surface area contributed by atoms with Crippen molar-refractivity contribution in [1.82, 2.24) is 0 Å². The summed E-state index contributed by atoms with van der Waals surface area (Å²) in [6, 6.07) is 9.90. The van der Waals surface area contributed by atoms with Crippen LogP contribution >= 0.6 is 0 Å². The molecule has 1 rings (SSSR count). The van der Waals surface area contributed by atoms with Crippen LogP contribution < -0.4 is 0 Å². The van der Waals surface area contributed by atoms with Gasteiger partial charge in [-0.05, 0) is 12.0 Å². The lowest BCUT2D eigenvalue weighted by molar-refractivity contribution is 0.0521. The Morgan fingerprint density at radius 1 is 1.13 bits per heavy atom. The molecule has 0 saturated carbocycles. The Bertz CT molecular complexity index is 248. The van der Waals surface area contributed by atoms with Gasteiger partial charge in [-0.2, -0.15) is 0 Å². The zero-order valence-electron chi connectivity index (χ0n) is 8.80. The molecule has 3 heteroatoms. The van der Waals surface area contributed by atoms with E-state index in [1.54, 1.807) is 0 Å². The fraction of sp³-hybridized carbons (Fsp3) is 0.500. The van der Waals surface area contributed by atoms with Crippen LogP contribution in [0, 0.1) is 5.92 Å². The SMILES string of the molecule is OCC[C@H](CO)COCc1ccccc1. The Morgan fingerprint density at radius 2 is 1.87 bits per heavy atom. The standard InChI is InChI=1S/C12H18O3/c13-7-6-12(8-14)10-15-9-11-4-2-1-3-5-11/h1-5,12-14H,6-10H2/t12-/m1/s1. The smallest absolute Gasteiger partial charge is 0.0717 e. The molecule has 0 aliphatic rings. The molecule has 0 unspecified atom stereocenters. The molecule has 0 amide bonds. The number of benzene rings is 1. The minimum absolute atomic E-state index is 0.0405. The monoisotopic (exact) mass is 210 g/mol. The molecule has 0 heterocycles. The van der Waals surface area contributed by atoms with E-state index in [-0.39, 0.29) is 19.1 Å². The minimum Gasteiger partial charge on any atom is -0.396 e. The summed E-state index contributed by atoms with van der Waals surface area (Å²) in [6.07, 6.45) is 0.589. The van der Waals surface area contributed by atoms with Gasteiger partial charge in [-0.25, -0.2) is 0 Å². The van der Waals surface area contributed by atoms with E-state index in [4.69, 9.17) is 14.9 Å². The van der Waals surface area contributed by atoms with Gasteiger partial charge in [-0.1, -0.05) is 30.3 Å². The second-order valence-corrected chi connectivity index (χ2v) is 3.56. The number of hydrogen-bond donors (Lipinski definition) is 2. The highest BCUT2D eigenvalue weighted by atomic mass is 16.5. The van der Waals surface area contributed by atoms with Crippen LogP contribution in [0.25, 0.3) is 0 Å². The van der Waals surface area contributed by atoms with Crippen LogP contribution in [0.4, 0.5) is 0 Å². The van der Waals surface area contributed by atoms with E-state index in [9.17, 15) is 0 Å². The summed E-state index contributed by atoms with van der Waals surface area (Å²) in [5.41, 5.74) is 1.12. The Labute approximate surface area is 90.3 Å². The fourth-order valence-electron chi connectivity index (χ4n) is 1.33. The molecule has 1 aromatic carbocycles. The summed E-state index contributed by atoms with van der Waals surface area (Å²) in [5, 5.41) is 17.7. The highest BCUT2D eigenvalue weighted by Crippen LogP contribution is 2.05. The molecule has 0 spiro atoms. The molecule has 0 saturated heterocycles. The molecule has 3 nitrogen and oxygen atoms in total. The van der Waals surface area contributed by atoms with E-state index < -0.39 is 0 Å². The number of hydrogen-bond acceptors (Lipinski definition) is 3. The van der Waals surface area contributed by atoms with E-state index in [0.29, 0.717) is 19.6 Å². The normalized spacial score (nSPS) is 12.7. The highest BCUT2D eigenvalue weighted by Gasteiger charge is 2.06. The van der Waals surface area contributed by atoms with Crippen molar-refractivity contribution in [3.63, 3.8) is 0 Å². The van der Waals surface area contributed by atoms with Crippen molar-refractivity contribution in [2.24, 2.45) is 5.92 Å². The third-order valence-corrected chi connectivity index (χ3v) is 2.26. The van der Waals surface area contributed by atoms with Gasteiger partial charge >= 0.3 is 0 Å². The van der Waals surface area contributed by atoms with Crippen molar-refractivity contribution in [2.75, 3.05) is 19.8 Å². The predicted molar refractivity (Wildman–Crippen MR) is 58.4 cm³/mol. The van der Waals surface area contributed by atoms with Crippen molar-refractivity contribution in [3.8, 4) is 0 Å². The highest BCUT2D eigenvalue weighted by molar-refractivity contribution is 5.13. The Morgan fingerprint density at radius 3 is 2.47 bits per heavy atom. The molecule has 0 fully saturated rings. The lowest BCUT2D eigenvalue weighted by atomic mass is 10.1. The summed E-state index contributed by atoms with van der Waals surface area (Å²) in [6.45, 7) is 1.21. The first-order valence-electron chi connectivity index (χ1n) is 5.20. The van der Waals surface area contributed by atoms with Crippen LogP contribution in [-0.2, 0) is 11.3 Å². The Hall–Kier alpha value is -0.900. The van der Waals surface area contributed by atoms with Gasteiger partial charge in [0.2, 0.25) is 0 Å². The summed E-state index contributed by atoms with van der Waals surface area (Å²) < 4.78 is 5.45. The first-order valence-corrected chi connectivity index (χ1v) is 5.20. The maximum absolute atomic E-state index is 8.96. The number of aliphatic hydroxyl groups is 2. The maximum atomic E-state index is 8.96. The quantitative estimate of drug-likeness (QED) is 0.711. The molecule has 0 bridgehead atoms. The maximum Gasteiger partial charge on any atom is 0.0717 e. The van der Waals surface area contributed by atoms with Gasteiger partial charge < -0.3 is 14.9 Å². The molecule has 0 aliphatic carbocycles. The van der Waals surface area contributed by atoms with Crippen LogP contribution in [0.3, 0.4) is 0 Å². The zero-order valence-corrected chi connectivity index (χ0v) is 8.80. The second-order valence-electron chi connectivity index (χ2n) is 3.56. The van der Waals surface area contributed by atoms with Gasteiger partial charge in [0.05, 0.1) is 13.2 Å². The summed E-state index contributed by atoms with van der Waals surface area (Å²) in [4.78, 5) is 0. The van der Waals surface area contributed by atoms with Crippen LogP contribution in [0.1, 0.15) is 12.0 Å². The first-order chi connectivity index (χ1) is 7.36. The Kier molecular flexibility index (Phi) is 6.00. The molecular formula is C12H18O3. The third-order valence-electron chi connectivity index (χ3n) is 2.26. The summed E-state index contributed by atoms with van der Waals surface area (Å²) in [7, 11) is 0. The lowest BCUT2D eigenvalue weighted by Crippen LogP contribution is -2.15. The molecule has 1 atom stereocenters. The average Bonchev–Trinajstić information content (AvgIpc) is 2.29. The van der Waals surface area contributed by atoms with E-state index >= 15 is 0 Å². The molecular weight excluding hydrogens is 192 g/mol. The average molecular weight is 210 g/mol. The zero-order chi connectivity index (χ0) is 10.9. The van der Waals surface area contributed by atoms with Crippen molar-refractivity contribution in [1.29, 1.82) is 0 Å². The van der Waals surface area contributed by atoms with Gasteiger partial charge in [0.25, 0.3) is 0 Å². The number of rotatable bonds is 7. The van der Waals surface area contributed by atoms with Crippen LogP contribution in [0.5, 0.6) is 0 Å². The van der Waals surface area contributed by atoms with E-state index in [1.165, 1.54) is 0 Å². The largest absolute Gasteiger partial charge is 0.396 e. The van der Waals surface area contributed by atoms with Crippen LogP contribution in [-0.4, -0.2) is 30.0 Å². The molecule has 0 radical (unpaired) electrons. The van der Waals surface area contributed by atoms with E-state index in [2.05, 4.69) is 0 Å². The molecule has 15 heavy (non-hydrogen) atoms. The van der Waals surface area contributed by atoms with E-state index in [0.717, 1.165) is 5.56 Å². The number of aliphatic hydroxyl groups excluding tert-OH is 2. The van der Waals surface area contributed by atoms with Gasteiger partial charge in [0.15, 0.2) is 0 Å². The molecule has 2 N–H and O–H groups in total. The fourth-order valence-corrected chi connectivity index (χ4v) is 1.33. The number of ether oxygens (including phenoxy) is 1. The van der Waals surface area contributed by atoms with E-state index in [1.807, 2.05) is 30.3 Å².